The van der Waals surface area contributed by atoms with Crippen LogP contribution < -0.4 is 4.74 Å². The van der Waals surface area contributed by atoms with E-state index < -0.39 is 5.60 Å². The van der Waals surface area contributed by atoms with Crippen LogP contribution in [0.15, 0.2) is 43.0 Å². The summed E-state index contributed by atoms with van der Waals surface area (Å²) in [6.45, 7) is 5.39. The maximum atomic E-state index is 9.54. The summed E-state index contributed by atoms with van der Waals surface area (Å²) in [5, 5.41) is 9.54. The Bertz CT molecular complexity index is 265. The van der Waals surface area contributed by atoms with Crippen LogP contribution in [-0.2, 0) is 0 Å². The minimum absolute atomic E-state index is 0.223. The molecule has 2 heteroatoms. The fourth-order valence-corrected chi connectivity index (χ4v) is 0.805. The van der Waals surface area contributed by atoms with Gasteiger partial charge in [-0.05, 0) is 19.1 Å². The highest BCUT2D eigenvalue weighted by Gasteiger charge is 2.15. The Morgan fingerprint density at radius 2 is 2.08 bits per heavy atom. The van der Waals surface area contributed by atoms with Crippen LogP contribution in [0.5, 0.6) is 5.75 Å². The van der Waals surface area contributed by atoms with E-state index in [0.717, 1.165) is 5.75 Å². The zero-order chi connectivity index (χ0) is 9.73. The third-order valence-corrected chi connectivity index (χ3v) is 1.71. The first-order chi connectivity index (χ1) is 6.14. The van der Waals surface area contributed by atoms with Crippen molar-refractivity contribution in [2.24, 2.45) is 0 Å². The summed E-state index contributed by atoms with van der Waals surface area (Å²) in [4.78, 5) is 0. The highest BCUT2D eigenvalue weighted by atomic mass is 16.5. The van der Waals surface area contributed by atoms with Crippen LogP contribution in [0.2, 0.25) is 0 Å². The normalized spacial score (nSPS) is 14.6. The van der Waals surface area contributed by atoms with Crippen LogP contribution in [0.3, 0.4) is 0 Å². The molecule has 1 aromatic rings. The van der Waals surface area contributed by atoms with Crippen molar-refractivity contribution < 1.29 is 9.84 Å². The predicted octanol–water partition coefficient (Wildman–Crippen LogP) is 2.00. The van der Waals surface area contributed by atoms with E-state index in [2.05, 4.69) is 6.58 Å². The molecule has 0 saturated carbocycles. The summed E-state index contributed by atoms with van der Waals surface area (Å²) in [6, 6.07) is 9.38. The van der Waals surface area contributed by atoms with E-state index in [1.165, 1.54) is 6.08 Å². The van der Waals surface area contributed by atoms with Crippen LogP contribution in [0.4, 0.5) is 0 Å². The van der Waals surface area contributed by atoms with Gasteiger partial charge in [-0.3, -0.25) is 0 Å². The molecular weight excluding hydrogens is 164 g/mol. The third-order valence-electron chi connectivity index (χ3n) is 1.71. The molecule has 1 N–H and O–H groups in total. The third kappa shape index (κ3) is 3.30. The molecule has 0 radical (unpaired) electrons. The zero-order valence-electron chi connectivity index (χ0n) is 7.73. The van der Waals surface area contributed by atoms with Gasteiger partial charge in [-0.1, -0.05) is 24.3 Å². The van der Waals surface area contributed by atoms with Gasteiger partial charge < -0.3 is 9.84 Å². The van der Waals surface area contributed by atoms with Crippen molar-refractivity contribution in [1.29, 1.82) is 0 Å². The van der Waals surface area contributed by atoms with Gasteiger partial charge in [0.15, 0.2) is 0 Å². The van der Waals surface area contributed by atoms with E-state index in [0.29, 0.717) is 0 Å². The van der Waals surface area contributed by atoms with Gasteiger partial charge in [0.2, 0.25) is 0 Å². The molecule has 0 aliphatic carbocycles. The molecule has 70 valence electrons. The molecule has 0 amide bonds. The molecule has 0 saturated heterocycles. The molecular formula is C11H14O2. The highest BCUT2D eigenvalue weighted by Crippen LogP contribution is 2.12. The van der Waals surface area contributed by atoms with Crippen LogP contribution >= 0.6 is 0 Å². The molecule has 1 unspecified atom stereocenters. The van der Waals surface area contributed by atoms with Gasteiger partial charge in [0.1, 0.15) is 18.0 Å². The summed E-state index contributed by atoms with van der Waals surface area (Å²) < 4.78 is 5.34. The van der Waals surface area contributed by atoms with Crippen LogP contribution in [0, 0.1) is 0 Å². The Morgan fingerprint density at radius 1 is 1.46 bits per heavy atom. The molecule has 0 fully saturated rings. The van der Waals surface area contributed by atoms with E-state index in [1.807, 2.05) is 30.3 Å². The van der Waals surface area contributed by atoms with E-state index >= 15 is 0 Å². The van der Waals surface area contributed by atoms with Crippen molar-refractivity contribution in [3.05, 3.63) is 43.0 Å². The molecule has 1 atom stereocenters. The molecule has 0 aromatic heterocycles. The number of ether oxygens (including phenoxy) is 1. The van der Waals surface area contributed by atoms with Crippen molar-refractivity contribution >= 4 is 0 Å². The minimum atomic E-state index is -0.962. The second-order valence-corrected chi connectivity index (χ2v) is 3.16. The Labute approximate surface area is 78.5 Å². The van der Waals surface area contributed by atoms with Crippen molar-refractivity contribution in [3.8, 4) is 5.75 Å². The lowest BCUT2D eigenvalue weighted by Gasteiger charge is -2.18. The van der Waals surface area contributed by atoms with Gasteiger partial charge in [-0.2, -0.15) is 0 Å². The summed E-state index contributed by atoms with van der Waals surface area (Å²) in [5.74, 6) is 0.754. The lowest BCUT2D eigenvalue weighted by molar-refractivity contribution is 0.0547. The van der Waals surface area contributed by atoms with E-state index in [4.69, 9.17) is 4.74 Å². The van der Waals surface area contributed by atoms with Crippen molar-refractivity contribution in [2.75, 3.05) is 6.61 Å². The average molecular weight is 178 g/mol. The van der Waals surface area contributed by atoms with E-state index in [9.17, 15) is 5.11 Å². The molecule has 1 rings (SSSR count). The zero-order valence-corrected chi connectivity index (χ0v) is 7.73. The summed E-state index contributed by atoms with van der Waals surface area (Å²) in [7, 11) is 0. The fraction of sp³-hybridized carbons (Fsp3) is 0.273. The van der Waals surface area contributed by atoms with Gasteiger partial charge in [0, 0.05) is 0 Å². The predicted molar refractivity (Wildman–Crippen MR) is 52.8 cm³/mol. The van der Waals surface area contributed by atoms with Gasteiger partial charge >= 0.3 is 0 Å². The number of aliphatic hydroxyl groups is 1. The first kappa shape index (κ1) is 9.81. The van der Waals surface area contributed by atoms with Gasteiger partial charge in [-0.25, -0.2) is 0 Å². The summed E-state index contributed by atoms with van der Waals surface area (Å²) in [5.41, 5.74) is -0.962. The average Bonchev–Trinajstić information content (AvgIpc) is 2.17. The second kappa shape index (κ2) is 4.10. The molecule has 0 heterocycles. The summed E-state index contributed by atoms with van der Waals surface area (Å²) >= 11 is 0. The molecule has 1 aromatic carbocycles. The maximum absolute atomic E-state index is 9.54. The van der Waals surface area contributed by atoms with Gasteiger partial charge in [0.25, 0.3) is 0 Å². The first-order valence-electron chi connectivity index (χ1n) is 4.18. The quantitative estimate of drug-likeness (QED) is 0.714. The first-order valence-corrected chi connectivity index (χ1v) is 4.18. The van der Waals surface area contributed by atoms with Crippen LogP contribution in [0.25, 0.3) is 0 Å². The molecule has 13 heavy (non-hydrogen) atoms. The Morgan fingerprint density at radius 3 is 2.62 bits per heavy atom. The monoisotopic (exact) mass is 178 g/mol. The van der Waals surface area contributed by atoms with E-state index in [1.54, 1.807) is 6.92 Å². The Hall–Kier alpha value is -1.28. The summed E-state index contributed by atoms with van der Waals surface area (Å²) in [6.07, 6.45) is 1.47. The van der Waals surface area contributed by atoms with Gasteiger partial charge in [-0.15, -0.1) is 6.58 Å². The van der Waals surface area contributed by atoms with Gasteiger partial charge in [0.05, 0.1) is 0 Å². The van der Waals surface area contributed by atoms with Crippen molar-refractivity contribution in [1.82, 2.24) is 0 Å². The molecule has 0 bridgehead atoms. The minimum Gasteiger partial charge on any atom is -0.490 e. The topological polar surface area (TPSA) is 29.5 Å². The largest absolute Gasteiger partial charge is 0.490 e. The highest BCUT2D eigenvalue weighted by molar-refractivity contribution is 5.21. The van der Waals surface area contributed by atoms with Crippen LogP contribution in [0.1, 0.15) is 6.92 Å². The number of para-hydroxylation sites is 1. The molecule has 0 spiro atoms. The molecule has 0 aliphatic heterocycles. The number of benzene rings is 1. The second-order valence-electron chi connectivity index (χ2n) is 3.16. The van der Waals surface area contributed by atoms with Crippen LogP contribution in [-0.4, -0.2) is 17.3 Å². The Kier molecular flexibility index (Phi) is 3.09. The number of hydrogen-bond donors (Lipinski definition) is 1. The Balaban J connectivity index is 2.48. The molecule has 0 aliphatic rings. The number of rotatable bonds is 4. The van der Waals surface area contributed by atoms with Crippen molar-refractivity contribution in [2.45, 2.75) is 12.5 Å². The lowest BCUT2D eigenvalue weighted by Crippen LogP contribution is -2.29. The fourth-order valence-electron chi connectivity index (χ4n) is 0.805. The number of hydrogen-bond acceptors (Lipinski definition) is 2. The lowest BCUT2D eigenvalue weighted by atomic mass is 10.1. The molecule has 2 nitrogen and oxygen atoms in total. The SMILES string of the molecule is C=CC(C)(O)COc1ccccc1. The smallest absolute Gasteiger partial charge is 0.120 e. The van der Waals surface area contributed by atoms with E-state index in [-0.39, 0.29) is 6.61 Å². The van der Waals surface area contributed by atoms with Crippen molar-refractivity contribution in [3.63, 3.8) is 0 Å². The standard InChI is InChI=1S/C11H14O2/c1-3-11(2,12)9-13-10-7-5-4-6-8-10/h3-8,12H,1,9H2,2H3. The maximum Gasteiger partial charge on any atom is 0.120 e.